The van der Waals surface area contributed by atoms with Crippen molar-refractivity contribution in [3.05, 3.63) is 33.8 Å². The van der Waals surface area contributed by atoms with Gasteiger partial charge >= 0.3 is 0 Å². The Kier molecular flexibility index (Phi) is 6.28. The van der Waals surface area contributed by atoms with E-state index in [-0.39, 0.29) is 12.6 Å². The second-order valence-corrected chi connectivity index (χ2v) is 5.14. The third-order valence-electron chi connectivity index (χ3n) is 2.77. The van der Waals surface area contributed by atoms with Gasteiger partial charge < -0.3 is 10.4 Å². The Hall–Kier alpha value is -0.280. The lowest BCUT2D eigenvalue weighted by Gasteiger charge is -2.20. The molecule has 2 nitrogen and oxygen atoms in total. The lowest BCUT2D eigenvalue weighted by molar-refractivity contribution is 0.274. The van der Waals surface area contributed by atoms with Gasteiger partial charge in [-0.1, -0.05) is 29.3 Å². The predicted octanol–water partition coefficient (Wildman–Crippen LogP) is 3.81. The van der Waals surface area contributed by atoms with E-state index in [2.05, 4.69) is 19.2 Å². The molecule has 2 unspecified atom stereocenters. The van der Waals surface area contributed by atoms with Gasteiger partial charge in [0, 0.05) is 18.7 Å². The maximum Gasteiger partial charge on any atom is 0.0595 e. The first-order chi connectivity index (χ1) is 8.04. The largest absolute Gasteiger partial charge is 0.396 e. The second-order valence-electron chi connectivity index (χ2n) is 4.33. The number of aliphatic hydroxyl groups is 1. The van der Waals surface area contributed by atoms with Gasteiger partial charge in [0.2, 0.25) is 0 Å². The minimum Gasteiger partial charge on any atom is -0.396 e. The first-order valence-electron chi connectivity index (χ1n) is 5.86. The van der Waals surface area contributed by atoms with Crippen LogP contribution in [0.1, 0.15) is 38.3 Å². The molecular formula is C13H19Cl2NO. The fourth-order valence-corrected chi connectivity index (χ4v) is 2.09. The smallest absolute Gasteiger partial charge is 0.0595 e. The van der Waals surface area contributed by atoms with Crippen LogP contribution in [-0.2, 0) is 0 Å². The molecule has 2 atom stereocenters. The summed E-state index contributed by atoms with van der Waals surface area (Å²) in [5.41, 5.74) is 1.12. The SMILES string of the molecule is CC(CCCO)NC(C)c1ccc(Cl)c(Cl)c1. The van der Waals surface area contributed by atoms with Crippen molar-refractivity contribution < 1.29 is 5.11 Å². The Morgan fingerprint density at radius 1 is 1.24 bits per heavy atom. The van der Waals surface area contributed by atoms with Crippen LogP contribution >= 0.6 is 23.2 Å². The Bertz CT molecular complexity index is 357. The summed E-state index contributed by atoms with van der Waals surface area (Å²) in [5, 5.41) is 13.4. The highest BCUT2D eigenvalue weighted by molar-refractivity contribution is 6.42. The summed E-state index contributed by atoms with van der Waals surface area (Å²) in [7, 11) is 0. The van der Waals surface area contributed by atoms with Crippen LogP contribution in [0.15, 0.2) is 18.2 Å². The third kappa shape index (κ3) is 4.84. The van der Waals surface area contributed by atoms with Crippen molar-refractivity contribution in [3.63, 3.8) is 0 Å². The summed E-state index contributed by atoms with van der Waals surface area (Å²) in [6.45, 7) is 4.45. The zero-order valence-electron chi connectivity index (χ0n) is 10.2. The van der Waals surface area contributed by atoms with Gasteiger partial charge in [-0.05, 0) is 44.4 Å². The van der Waals surface area contributed by atoms with Gasteiger partial charge in [-0.25, -0.2) is 0 Å². The zero-order valence-corrected chi connectivity index (χ0v) is 11.7. The number of hydrogen-bond donors (Lipinski definition) is 2. The van der Waals surface area contributed by atoms with Crippen LogP contribution in [0.25, 0.3) is 0 Å². The molecule has 0 aromatic heterocycles. The molecule has 0 aliphatic rings. The van der Waals surface area contributed by atoms with E-state index in [4.69, 9.17) is 28.3 Å². The van der Waals surface area contributed by atoms with Crippen LogP contribution in [0.3, 0.4) is 0 Å². The van der Waals surface area contributed by atoms with Crippen LogP contribution < -0.4 is 5.32 Å². The predicted molar refractivity (Wildman–Crippen MR) is 73.8 cm³/mol. The number of aliphatic hydroxyl groups excluding tert-OH is 1. The minimum absolute atomic E-state index is 0.221. The van der Waals surface area contributed by atoms with Crippen molar-refractivity contribution in [2.75, 3.05) is 6.61 Å². The highest BCUT2D eigenvalue weighted by Gasteiger charge is 2.10. The van der Waals surface area contributed by atoms with E-state index in [1.807, 2.05) is 18.2 Å². The van der Waals surface area contributed by atoms with Crippen molar-refractivity contribution in [1.29, 1.82) is 0 Å². The Morgan fingerprint density at radius 3 is 2.53 bits per heavy atom. The van der Waals surface area contributed by atoms with Gasteiger partial charge in [0.25, 0.3) is 0 Å². The number of halogens is 2. The summed E-state index contributed by atoms with van der Waals surface area (Å²) in [6.07, 6.45) is 1.78. The van der Waals surface area contributed by atoms with Gasteiger partial charge in [0.15, 0.2) is 0 Å². The Labute approximate surface area is 113 Å². The van der Waals surface area contributed by atoms with Crippen LogP contribution in [0.4, 0.5) is 0 Å². The monoisotopic (exact) mass is 275 g/mol. The third-order valence-corrected chi connectivity index (χ3v) is 3.51. The summed E-state index contributed by atoms with van der Waals surface area (Å²) >= 11 is 11.9. The lowest BCUT2D eigenvalue weighted by atomic mass is 10.1. The molecule has 2 N–H and O–H groups in total. The topological polar surface area (TPSA) is 32.3 Å². The van der Waals surface area contributed by atoms with Crippen LogP contribution in [0, 0.1) is 0 Å². The number of hydrogen-bond acceptors (Lipinski definition) is 2. The highest BCUT2D eigenvalue weighted by atomic mass is 35.5. The lowest BCUT2D eigenvalue weighted by Crippen LogP contribution is -2.29. The molecule has 17 heavy (non-hydrogen) atoms. The van der Waals surface area contributed by atoms with Crippen LogP contribution in [0.5, 0.6) is 0 Å². The maximum atomic E-state index is 8.77. The molecule has 0 amide bonds. The van der Waals surface area contributed by atoms with Gasteiger partial charge in [-0.15, -0.1) is 0 Å². The van der Waals surface area contributed by atoms with Crippen molar-refractivity contribution in [3.8, 4) is 0 Å². The molecule has 1 aromatic carbocycles. The Morgan fingerprint density at radius 2 is 1.94 bits per heavy atom. The van der Waals surface area contributed by atoms with Crippen molar-refractivity contribution in [2.45, 2.75) is 38.8 Å². The molecule has 0 saturated heterocycles. The molecule has 0 heterocycles. The maximum absolute atomic E-state index is 8.77. The molecular weight excluding hydrogens is 257 g/mol. The quantitative estimate of drug-likeness (QED) is 0.828. The van der Waals surface area contributed by atoms with Gasteiger partial charge in [0.05, 0.1) is 10.0 Å². The summed E-state index contributed by atoms with van der Waals surface area (Å²) in [4.78, 5) is 0. The molecule has 0 radical (unpaired) electrons. The minimum atomic E-state index is 0.221. The zero-order chi connectivity index (χ0) is 12.8. The van der Waals surface area contributed by atoms with Gasteiger partial charge in [0.1, 0.15) is 0 Å². The fourth-order valence-electron chi connectivity index (χ4n) is 1.79. The molecule has 96 valence electrons. The van der Waals surface area contributed by atoms with E-state index >= 15 is 0 Å². The van der Waals surface area contributed by atoms with Crippen molar-refractivity contribution >= 4 is 23.2 Å². The van der Waals surface area contributed by atoms with Crippen molar-refractivity contribution in [1.82, 2.24) is 5.32 Å². The second kappa shape index (κ2) is 7.22. The van der Waals surface area contributed by atoms with E-state index in [1.54, 1.807) is 0 Å². The molecule has 0 spiro atoms. The van der Waals surface area contributed by atoms with Crippen molar-refractivity contribution in [2.24, 2.45) is 0 Å². The van der Waals surface area contributed by atoms with E-state index in [0.717, 1.165) is 18.4 Å². The Balaban J connectivity index is 2.57. The first-order valence-corrected chi connectivity index (χ1v) is 6.62. The molecule has 0 bridgehead atoms. The van der Waals surface area contributed by atoms with Crippen LogP contribution in [0.2, 0.25) is 10.0 Å². The molecule has 4 heteroatoms. The standard InChI is InChI=1S/C13H19Cl2NO/c1-9(4-3-7-17)16-10(2)11-5-6-12(14)13(15)8-11/h5-6,8-10,16-17H,3-4,7H2,1-2H3. The molecule has 0 fully saturated rings. The number of benzene rings is 1. The molecule has 1 aromatic rings. The molecule has 0 aliphatic heterocycles. The van der Waals surface area contributed by atoms with E-state index < -0.39 is 0 Å². The van der Waals surface area contributed by atoms with E-state index in [9.17, 15) is 0 Å². The van der Waals surface area contributed by atoms with Gasteiger partial charge in [-0.3, -0.25) is 0 Å². The van der Waals surface area contributed by atoms with Crippen LogP contribution in [-0.4, -0.2) is 17.8 Å². The summed E-state index contributed by atoms with van der Waals surface area (Å²) < 4.78 is 0. The first kappa shape index (κ1) is 14.8. The normalized spacial score (nSPS) is 14.6. The van der Waals surface area contributed by atoms with E-state index in [0.29, 0.717) is 16.1 Å². The number of nitrogens with one attached hydrogen (secondary N) is 1. The van der Waals surface area contributed by atoms with E-state index in [1.165, 1.54) is 0 Å². The number of rotatable bonds is 6. The average molecular weight is 276 g/mol. The molecule has 0 aliphatic carbocycles. The summed E-state index contributed by atoms with van der Waals surface area (Å²) in [6, 6.07) is 6.27. The van der Waals surface area contributed by atoms with Gasteiger partial charge in [-0.2, -0.15) is 0 Å². The highest BCUT2D eigenvalue weighted by Crippen LogP contribution is 2.25. The molecule has 0 saturated carbocycles. The molecule has 1 rings (SSSR count). The average Bonchev–Trinajstić information content (AvgIpc) is 2.30. The summed E-state index contributed by atoms with van der Waals surface area (Å²) in [5.74, 6) is 0. The fraction of sp³-hybridized carbons (Fsp3) is 0.538.